The standard InChI is InChI=1S/C28H25ClN4O/c29-22-3-1-2-19(12-22)24-14-25(24)28(34)33-27-13-23(8-9-30-27)31-15-17-4-7-26-20(10-17)11-21(16-32-26)18-5-6-18/h1-4,7-13,16,18,24-25H,5-6,14-15H2,(H2,30,31,33,34)/t24-,25+/m1/s1. The van der Waals surface area contributed by atoms with Crippen molar-refractivity contribution in [3.05, 3.63) is 94.8 Å². The molecule has 0 unspecified atom stereocenters. The maximum atomic E-state index is 12.7. The van der Waals surface area contributed by atoms with Crippen LogP contribution < -0.4 is 10.6 Å². The SMILES string of the molecule is O=C(Nc1cc(NCc2ccc3ncc(C4CC4)cc3c2)ccn1)[C@H]1C[C@@H]1c1cccc(Cl)c1. The fourth-order valence-electron chi connectivity index (χ4n) is 4.57. The largest absolute Gasteiger partial charge is 0.381 e. The highest BCUT2D eigenvalue weighted by atomic mass is 35.5. The van der Waals surface area contributed by atoms with Crippen LogP contribution in [0.3, 0.4) is 0 Å². The van der Waals surface area contributed by atoms with Gasteiger partial charge in [0.2, 0.25) is 5.91 Å². The lowest BCUT2D eigenvalue weighted by molar-refractivity contribution is -0.117. The van der Waals surface area contributed by atoms with E-state index in [1.807, 2.05) is 42.6 Å². The summed E-state index contributed by atoms with van der Waals surface area (Å²) in [5.74, 6) is 1.44. The van der Waals surface area contributed by atoms with Gasteiger partial charge in [-0.15, -0.1) is 0 Å². The topological polar surface area (TPSA) is 66.9 Å². The van der Waals surface area contributed by atoms with Crippen LogP contribution in [0, 0.1) is 5.92 Å². The molecule has 2 heterocycles. The maximum absolute atomic E-state index is 12.7. The molecule has 0 bridgehead atoms. The quantitative estimate of drug-likeness (QED) is 0.324. The number of aromatic nitrogens is 2. The van der Waals surface area contributed by atoms with Gasteiger partial charge in [-0.1, -0.05) is 29.8 Å². The molecule has 0 radical (unpaired) electrons. The number of hydrogen-bond acceptors (Lipinski definition) is 4. The normalized spacial score (nSPS) is 19.1. The molecule has 170 valence electrons. The molecule has 0 aliphatic heterocycles. The van der Waals surface area contributed by atoms with E-state index in [0.717, 1.165) is 23.2 Å². The van der Waals surface area contributed by atoms with E-state index in [-0.39, 0.29) is 17.7 Å². The van der Waals surface area contributed by atoms with Crippen LogP contribution in [0.2, 0.25) is 5.02 Å². The number of benzene rings is 2. The first-order chi connectivity index (χ1) is 16.6. The highest BCUT2D eigenvalue weighted by molar-refractivity contribution is 6.30. The van der Waals surface area contributed by atoms with E-state index >= 15 is 0 Å². The van der Waals surface area contributed by atoms with Crippen LogP contribution in [-0.4, -0.2) is 15.9 Å². The zero-order valence-electron chi connectivity index (χ0n) is 18.7. The van der Waals surface area contributed by atoms with Gasteiger partial charge < -0.3 is 10.6 Å². The molecule has 2 atom stereocenters. The van der Waals surface area contributed by atoms with E-state index in [4.69, 9.17) is 11.6 Å². The fraction of sp³-hybridized carbons (Fsp3) is 0.250. The van der Waals surface area contributed by atoms with Crippen molar-refractivity contribution in [3.8, 4) is 0 Å². The number of pyridine rings is 2. The molecule has 0 saturated heterocycles. The molecular formula is C28H25ClN4O. The van der Waals surface area contributed by atoms with Crippen molar-refractivity contribution < 1.29 is 4.79 Å². The maximum Gasteiger partial charge on any atom is 0.229 e. The molecule has 2 aliphatic carbocycles. The van der Waals surface area contributed by atoms with Gasteiger partial charge in [-0.25, -0.2) is 4.98 Å². The Morgan fingerprint density at radius 1 is 1.00 bits per heavy atom. The molecule has 2 saturated carbocycles. The summed E-state index contributed by atoms with van der Waals surface area (Å²) in [6, 6.07) is 20.2. The molecule has 6 rings (SSSR count). The third kappa shape index (κ3) is 4.62. The molecule has 0 spiro atoms. The zero-order valence-corrected chi connectivity index (χ0v) is 19.4. The summed E-state index contributed by atoms with van der Waals surface area (Å²) in [6.07, 6.45) is 7.12. The van der Waals surface area contributed by atoms with Crippen LogP contribution in [0.1, 0.15) is 47.8 Å². The zero-order chi connectivity index (χ0) is 23.1. The summed E-state index contributed by atoms with van der Waals surface area (Å²) < 4.78 is 0. The van der Waals surface area contributed by atoms with E-state index in [9.17, 15) is 4.79 Å². The van der Waals surface area contributed by atoms with E-state index < -0.39 is 0 Å². The Hall–Kier alpha value is -3.44. The highest BCUT2D eigenvalue weighted by Crippen LogP contribution is 2.48. The number of nitrogens with one attached hydrogen (secondary N) is 2. The molecule has 6 heteroatoms. The Kier molecular flexibility index (Phi) is 5.42. The minimum absolute atomic E-state index is 0.00289. The Bertz CT molecular complexity index is 1380. The third-order valence-electron chi connectivity index (χ3n) is 6.73. The molecule has 2 aromatic heterocycles. The first-order valence-corrected chi connectivity index (χ1v) is 12.1. The Labute approximate surface area is 203 Å². The highest BCUT2D eigenvalue weighted by Gasteiger charge is 2.44. The molecule has 2 fully saturated rings. The smallest absolute Gasteiger partial charge is 0.229 e. The lowest BCUT2D eigenvalue weighted by Crippen LogP contribution is -2.15. The Morgan fingerprint density at radius 2 is 1.91 bits per heavy atom. The van der Waals surface area contributed by atoms with E-state index in [1.165, 1.54) is 29.4 Å². The summed E-state index contributed by atoms with van der Waals surface area (Å²) in [6.45, 7) is 0.681. The van der Waals surface area contributed by atoms with Gasteiger partial charge in [-0.3, -0.25) is 9.78 Å². The van der Waals surface area contributed by atoms with Crippen molar-refractivity contribution in [2.75, 3.05) is 10.6 Å². The predicted molar refractivity (Wildman–Crippen MR) is 136 cm³/mol. The molecule has 5 nitrogen and oxygen atoms in total. The minimum atomic E-state index is -0.0383. The van der Waals surface area contributed by atoms with Gasteiger partial charge in [0.25, 0.3) is 0 Å². The van der Waals surface area contributed by atoms with Crippen molar-refractivity contribution in [2.24, 2.45) is 5.92 Å². The first kappa shape index (κ1) is 21.1. The van der Waals surface area contributed by atoms with Crippen LogP contribution in [0.15, 0.2) is 73.1 Å². The average molecular weight is 469 g/mol. The summed E-state index contributed by atoms with van der Waals surface area (Å²) >= 11 is 6.09. The predicted octanol–water partition coefficient (Wildman–Crippen LogP) is 6.51. The van der Waals surface area contributed by atoms with Crippen molar-refractivity contribution >= 4 is 39.9 Å². The van der Waals surface area contributed by atoms with E-state index in [0.29, 0.717) is 23.3 Å². The monoisotopic (exact) mass is 468 g/mol. The summed E-state index contributed by atoms with van der Waals surface area (Å²) in [5.41, 5.74) is 5.59. The van der Waals surface area contributed by atoms with Gasteiger partial charge in [0.05, 0.1) is 5.52 Å². The van der Waals surface area contributed by atoms with Crippen LogP contribution in [-0.2, 0) is 11.3 Å². The van der Waals surface area contributed by atoms with Crippen molar-refractivity contribution in [1.82, 2.24) is 9.97 Å². The van der Waals surface area contributed by atoms with Crippen molar-refractivity contribution in [2.45, 2.75) is 37.6 Å². The van der Waals surface area contributed by atoms with Crippen LogP contribution in [0.4, 0.5) is 11.5 Å². The van der Waals surface area contributed by atoms with Crippen molar-refractivity contribution in [1.29, 1.82) is 0 Å². The molecule has 2 N–H and O–H groups in total. The average Bonchev–Trinajstić information content (AvgIpc) is 3.76. The molecule has 4 aromatic rings. The van der Waals surface area contributed by atoms with Crippen molar-refractivity contribution in [3.63, 3.8) is 0 Å². The molecular weight excluding hydrogens is 444 g/mol. The lowest BCUT2D eigenvalue weighted by atomic mass is 10.1. The molecule has 2 aliphatic rings. The van der Waals surface area contributed by atoms with Gasteiger partial charge in [-0.2, -0.15) is 0 Å². The summed E-state index contributed by atoms with van der Waals surface area (Å²) in [7, 11) is 0. The molecule has 34 heavy (non-hydrogen) atoms. The second-order valence-electron chi connectivity index (χ2n) is 9.35. The lowest BCUT2D eigenvalue weighted by Gasteiger charge is -2.10. The second kappa shape index (κ2) is 8.73. The number of fused-ring (bicyclic) bond motifs is 1. The van der Waals surface area contributed by atoms with Gasteiger partial charge in [-0.05, 0) is 84.2 Å². The molecule has 2 aromatic carbocycles. The van der Waals surface area contributed by atoms with E-state index in [2.05, 4.69) is 44.9 Å². The van der Waals surface area contributed by atoms with Gasteiger partial charge in [0.15, 0.2) is 0 Å². The van der Waals surface area contributed by atoms with Crippen LogP contribution in [0.25, 0.3) is 10.9 Å². The van der Waals surface area contributed by atoms with Gasteiger partial charge in [0, 0.05) is 47.0 Å². The number of carbonyl (C=O) groups excluding carboxylic acids is 1. The number of nitrogens with zero attached hydrogens (tertiary/aromatic N) is 2. The number of rotatable bonds is 7. The number of halogens is 1. The Balaban J connectivity index is 1.09. The van der Waals surface area contributed by atoms with E-state index in [1.54, 1.807) is 6.20 Å². The number of anilines is 2. The van der Waals surface area contributed by atoms with Crippen LogP contribution in [0.5, 0.6) is 0 Å². The third-order valence-corrected chi connectivity index (χ3v) is 6.96. The summed E-state index contributed by atoms with van der Waals surface area (Å²) in [5, 5.41) is 8.31. The van der Waals surface area contributed by atoms with Crippen LogP contribution >= 0.6 is 11.6 Å². The number of carbonyl (C=O) groups is 1. The summed E-state index contributed by atoms with van der Waals surface area (Å²) in [4.78, 5) is 21.7. The Morgan fingerprint density at radius 3 is 2.76 bits per heavy atom. The minimum Gasteiger partial charge on any atom is -0.381 e. The fourth-order valence-corrected chi connectivity index (χ4v) is 4.77. The first-order valence-electron chi connectivity index (χ1n) is 11.8. The number of amides is 1. The molecule has 1 amide bonds. The second-order valence-corrected chi connectivity index (χ2v) is 9.78. The number of hydrogen-bond donors (Lipinski definition) is 2. The van der Waals surface area contributed by atoms with Gasteiger partial charge in [0.1, 0.15) is 5.82 Å². The van der Waals surface area contributed by atoms with Gasteiger partial charge >= 0.3 is 0 Å².